The quantitative estimate of drug-likeness (QED) is 0.523. The fourth-order valence-corrected chi connectivity index (χ4v) is 1.24. The number of nitrogen functional groups attached to an aromatic ring is 1. The largest absolute Gasteiger partial charge is 0.324 e. The molecule has 0 saturated carbocycles. The van der Waals surface area contributed by atoms with Gasteiger partial charge < -0.3 is 5.42 Å². The number of nitrogens with two attached hydrogens (primary N) is 1. The number of hydrogen-bond donors (Lipinski definition) is 2. The van der Waals surface area contributed by atoms with Crippen LogP contribution in [0.2, 0.25) is 4.24 Å². The zero-order valence-electron chi connectivity index (χ0n) is 9.44. The van der Waals surface area contributed by atoms with Crippen LogP contribution in [0.3, 0.4) is 0 Å². The SMILES string of the molecule is [2H]N([2H])N([2H])c1ccc2ccccc2c1. The van der Waals surface area contributed by atoms with Crippen LogP contribution in [-0.4, -0.2) is 0 Å². The molecule has 0 aliphatic heterocycles. The van der Waals surface area contributed by atoms with E-state index in [0.29, 0.717) is 11.1 Å². The molecule has 12 heavy (non-hydrogen) atoms. The van der Waals surface area contributed by atoms with Crippen molar-refractivity contribution in [3.8, 4) is 0 Å². The van der Waals surface area contributed by atoms with Crippen molar-refractivity contribution in [1.82, 2.24) is 0 Å². The van der Waals surface area contributed by atoms with Gasteiger partial charge in [-0.25, -0.2) is 0 Å². The summed E-state index contributed by atoms with van der Waals surface area (Å²) in [5, 5.41) is 2.07. The van der Waals surface area contributed by atoms with Gasteiger partial charge in [0.25, 0.3) is 0 Å². The van der Waals surface area contributed by atoms with Gasteiger partial charge in [0.15, 0.2) is 1.41 Å². The molecule has 0 fully saturated rings. The minimum atomic E-state index is 0.226. The van der Waals surface area contributed by atoms with E-state index < -0.39 is 0 Å². The van der Waals surface area contributed by atoms with Gasteiger partial charge in [0.05, 0.1) is 0 Å². The number of rotatable bonds is 2. The molecule has 0 bridgehead atoms. The van der Waals surface area contributed by atoms with Gasteiger partial charge in [-0.15, -0.1) is 0 Å². The highest BCUT2D eigenvalue weighted by Gasteiger charge is 1.92. The maximum Gasteiger partial charge on any atom is 0.181 e. The van der Waals surface area contributed by atoms with Gasteiger partial charge >= 0.3 is 0 Å². The number of anilines is 1. The summed E-state index contributed by atoms with van der Waals surface area (Å²) in [6.07, 6.45) is 0. The Balaban J connectivity index is 2.47. The summed E-state index contributed by atoms with van der Waals surface area (Å²) in [6, 6.07) is 13.1. The molecule has 2 heteroatoms. The van der Waals surface area contributed by atoms with E-state index in [2.05, 4.69) is 0 Å². The van der Waals surface area contributed by atoms with Gasteiger partial charge in [-0.1, -0.05) is 30.3 Å². The topological polar surface area (TPSA) is 38.0 Å². The van der Waals surface area contributed by atoms with Crippen LogP contribution in [0.25, 0.3) is 10.8 Å². The molecule has 0 atom stereocenters. The van der Waals surface area contributed by atoms with Gasteiger partial charge in [-0.05, 0) is 22.9 Å². The van der Waals surface area contributed by atoms with Crippen LogP contribution in [0, 0.1) is 0 Å². The average Bonchev–Trinajstić information content (AvgIpc) is 2.27. The molecule has 0 aliphatic carbocycles. The summed E-state index contributed by atoms with van der Waals surface area (Å²) in [7, 11) is 0. The third kappa shape index (κ3) is 1.12. The molecular formula is C10H10N2. The Kier molecular flexibility index (Phi) is 1.06. The molecule has 2 aromatic carbocycles. The van der Waals surface area contributed by atoms with Crippen molar-refractivity contribution in [2.45, 2.75) is 0 Å². The number of fused-ring (bicyclic) bond motifs is 1. The first kappa shape index (κ1) is 4.48. The van der Waals surface area contributed by atoms with Crippen molar-refractivity contribution in [1.29, 1.82) is 0 Å². The van der Waals surface area contributed by atoms with Crippen LogP contribution in [0.4, 0.5) is 5.69 Å². The van der Waals surface area contributed by atoms with E-state index in [1.54, 1.807) is 12.1 Å². The number of hydrazine groups is 1. The standard InChI is InChI=1S/C10H10N2/c11-12-10-6-5-8-3-1-2-4-9(8)7-10/h1-7,12H,11H2/i/hD3. The summed E-state index contributed by atoms with van der Waals surface area (Å²) in [6.45, 7) is 0. The predicted octanol–water partition coefficient (Wildman–Crippen LogP) is 2.13. The minimum absolute atomic E-state index is 0.226. The molecule has 0 aromatic heterocycles. The highest BCUT2D eigenvalue weighted by atomic mass is 15.2. The summed E-state index contributed by atoms with van der Waals surface area (Å²) in [5.41, 5.74) is 1.20. The number of benzene rings is 2. The first-order valence-corrected chi connectivity index (χ1v) is 3.74. The molecular weight excluding hydrogens is 148 g/mol. The van der Waals surface area contributed by atoms with Crippen LogP contribution in [0.15, 0.2) is 42.5 Å². The van der Waals surface area contributed by atoms with E-state index in [-0.39, 0.29) is 5.83 Å². The van der Waals surface area contributed by atoms with E-state index in [4.69, 9.17) is 4.24 Å². The van der Waals surface area contributed by atoms with Crippen molar-refractivity contribution >= 4 is 16.5 Å². The van der Waals surface area contributed by atoms with Gasteiger partial charge in [0.1, 0.15) is 2.82 Å². The van der Waals surface area contributed by atoms with Crippen LogP contribution >= 0.6 is 0 Å². The highest BCUT2D eigenvalue weighted by molar-refractivity contribution is 5.85. The molecule has 0 unspecified atom stereocenters. The smallest absolute Gasteiger partial charge is 0.181 e. The molecule has 0 radical (unpaired) electrons. The first-order valence-electron chi connectivity index (χ1n) is 5.08. The Hall–Kier alpha value is -1.54. The summed E-state index contributed by atoms with van der Waals surface area (Å²) >= 11 is 0. The Morgan fingerprint density at radius 2 is 2.00 bits per heavy atom. The van der Waals surface area contributed by atoms with Crippen LogP contribution < -0.4 is 11.2 Å². The number of nitrogens with one attached hydrogen (secondary N) is 1. The number of hydrogen-bond acceptors (Lipinski definition) is 2. The van der Waals surface area contributed by atoms with Crippen molar-refractivity contribution in [3.05, 3.63) is 42.5 Å². The van der Waals surface area contributed by atoms with Gasteiger partial charge in [-0.2, -0.15) is 0 Å². The Bertz CT molecular complexity index is 473. The third-order valence-corrected chi connectivity index (χ3v) is 1.85. The Morgan fingerprint density at radius 1 is 1.17 bits per heavy atom. The zero-order valence-corrected chi connectivity index (χ0v) is 6.44. The monoisotopic (exact) mass is 161 g/mol. The molecule has 2 aromatic rings. The normalized spacial score (nSPS) is 13.9. The lowest BCUT2D eigenvalue weighted by Gasteiger charge is -2.01. The minimum Gasteiger partial charge on any atom is -0.324 e. The van der Waals surface area contributed by atoms with Crippen molar-refractivity contribution < 1.29 is 4.24 Å². The lowest BCUT2D eigenvalue weighted by molar-refractivity contribution is 1.36. The first-order chi connectivity index (χ1) is 7.18. The second-order valence-corrected chi connectivity index (χ2v) is 2.63. The Labute approximate surface area is 75.4 Å². The van der Waals surface area contributed by atoms with E-state index in [0.717, 1.165) is 10.8 Å². The molecule has 0 spiro atoms. The highest BCUT2D eigenvalue weighted by Crippen LogP contribution is 2.17. The van der Waals surface area contributed by atoms with Crippen molar-refractivity contribution in [2.75, 3.05) is 5.42 Å². The van der Waals surface area contributed by atoms with Crippen molar-refractivity contribution in [3.63, 3.8) is 0 Å². The van der Waals surface area contributed by atoms with E-state index in [1.807, 2.05) is 30.3 Å². The average molecular weight is 161 g/mol. The van der Waals surface area contributed by atoms with E-state index in [9.17, 15) is 0 Å². The summed E-state index contributed by atoms with van der Waals surface area (Å²) < 4.78 is 21.4. The summed E-state index contributed by atoms with van der Waals surface area (Å²) in [5.74, 6) is 0.226. The van der Waals surface area contributed by atoms with Crippen molar-refractivity contribution in [2.24, 2.45) is 5.83 Å². The van der Waals surface area contributed by atoms with Gasteiger partial charge in [0.2, 0.25) is 0 Å². The molecule has 3 N–H and O–H groups in total. The zero-order chi connectivity index (χ0) is 10.8. The van der Waals surface area contributed by atoms with E-state index in [1.165, 1.54) is 0 Å². The maximum absolute atomic E-state index is 7.43. The molecule has 2 nitrogen and oxygen atoms in total. The fraction of sp³-hybridized carbons (Fsp3) is 0. The van der Waals surface area contributed by atoms with Gasteiger partial charge in [0, 0.05) is 5.69 Å². The van der Waals surface area contributed by atoms with E-state index >= 15 is 0 Å². The lowest BCUT2D eigenvalue weighted by atomic mass is 10.1. The van der Waals surface area contributed by atoms with Crippen LogP contribution in [0.1, 0.15) is 0 Å². The Morgan fingerprint density at radius 3 is 2.83 bits per heavy atom. The third-order valence-electron chi connectivity index (χ3n) is 1.85. The molecule has 0 heterocycles. The molecule has 0 amide bonds. The second kappa shape index (κ2) is 2.83. The summed E-state index contributed by atoms with van der Waals surface area (Å²) in [4.78, 5) is 0. The molecule has 0 aliphatic rings. The second-order valence-electron chi connectivity index (χ2n) is 2.63. The maximum atomic E-state index is 7.43. The molecule has 0 saturated heterocycles. The lowest BCUT2D eigenvalue weighted by Crippen LogP contribution is -2.05. The fourth-order valence-electron chi connectivity index (χ4n) is 1.24. The predicted molar refractivity (Wildman–Crippen MR) is 51.8 cm³/mol. The van der Waals surface area contributed by atoms with Crippen LogP contribution in [0.5, 0.6) is 0 Å². The van der Waals surface area contributed by atoms with Gasteiger partial charge in [-0.3, -0.25) is 5.83 Å². The van der Waals surface area contributed by atoms with Crippen LogP contribution in [-0.2, 0) is 0 Å². The molecule has 60 valence electrons. The molecule has 2 rings (SSSR count).